The van der Waals surface area contributed by atoms with Gasteiger partial charge in [0.15, 0.2) is 0 Å². The number of benzene rings is 3. The summed E-state index contributed by atoms with van der Waals surface area (Å²) in [6, 6.07) is 15.6. The molecule has 242 valence electrons. The predicted molar refractivity (Wildman–Crippen MR) is 165 cm³/mol. The van der Waals surface area contributed by atoms with E-state index in [9.17, 15) is 31.2 Å². The van der Waals surface area contributed by atoms with Gasteiger partial charge in [0.2, 0.25) is 11.8 Å². The van der Waals surface area contributed by atoms with Crippen LogP contribution in [-0.2, 0) is 32.3 Å². The summed E-state index contributed by atoms with van der Waals surface area (Å²) in [4.78, 5) is 28.8. The van der Waals surface area contributed by atoms with Crippen LogP contribution >= 0.6 is 11.6 Å². The third-order valence-electron chi connectivity index (χ3n) is 7.75. The first-order valence-electron chi connectivity index (χ1n) is 14.5. The van der Waals surface area contributed by atoms with Gasteiger partial charge in [-0.1, -0.05) is 61.7 Å². The van der Waals surface area contributed by atoms with E-state index in [1.165, 1.54) is 36.3 Å². The molecule has 13 heteroatoms. The highest BCUT2D eigenvalue weighted by molar-refractivity contribution is 7.92. The molecule has 0 spiro atoms. The van der Waals surface area contributed by atoms with Crippen LogP contribution in [-0.4, -0.2) is 50.9 Å². The third-order valence-corrected chi connectivity index (χ3v) is 9.87. The van der Waals surface area contributed by atoms with Crippen molar-refractivity contribution in [3.8, 4) is 5.75 Å². The van der Waals surface area contributed by atoms with Crippen LogP contribution in [0.25, 0.3) is 0 Å². The van der Waals surface area contributed by atoms with E-state index in [1.807, 2.05) is 0 Å². The van der Waals surface area contributed by atoms with Gasteiger partial charge in [-0.15, -0.1) is 0 Å². The molecule has 0 bridgehead atoms. The van der Waals surface area contributed by atoms with Gasteiger partial charge in [-0.2, -0.15) is 13.2 Å². The molecule has 1 N–H and O–H groups in total. The number of sulfonamides is 1. The molecule has 8 nitrogen and oxygen atoms in total. The van der Waals surface area contributed by atoms with E-state index in [1.54, 1.807) is 37.3 Å². The van der Waals surface area contributed by atoms with Crippen molar-refractivity contribution < 1.29 is 35.9 Å². The summed E-state index contributed by atoms with van der Waals surface area (Å²) < 4.78 is 75.2. The largest absolute Gasteiger partial charge is 0.497 e. The van der Waals surface area contributed by atoms with Crippen LogP contribution in [0.3, 0.4) is 0 Å². The number of hydrogen-bond acceptors (Lipinski definition) is 5. The second-order valence-electron chi connectivity index (χ2n) is 10.8. The van der Waals surface area contributed by atoms with Crippen LogP contribution in [0.5, 0.6) is 5.75 Å². The molecule has 0 radical (unpaired) electrons. The van der Waals surface area contributed by atoms with Crippen molar-refractivity contribution >= 4 is 39.1 Å². The fraction of sp³-hybridized carbons (Fsp3) is 0.375. The number of anilines is 1. The lowest BCUT2D eigenvalue weighted by Gasteiger charge is -2.34. The number of halogens is 4. The van der Waals surface area contributed by atoms with E-state index in [2.05, 4.69) is 5.32 Å². The van der Waals surface area contributed by atoms with Gasteiger partial charge in [0, 0.05) is 12.6 Å². The topological polar surface area (TPSA) is 96.0 Å². The van der Waals surface area contributed by atoms with Crippen LogP contribution in [0.2, 0.25) is 5.02 Å². The summed E-state index contributed by atoms with van der Waals surface area (Å²) in [5.41, 5.74) is -1.02. The molecule has 1 aliphatic rings. The molecule has 1 aliphatic carbocycles. The molecular weight excluding hydrogens is 631 g/mol. The van der Waals surface area contributed by atoms with Crippen molar-refractivity contribution in [2.24, 2.45) is 0 Å². The van der Waals surface area contributed by atoms with Gasteiger partial charge in [0.25, 0.3) is 10.0 Å². The first-order chi connectivity index (χ1) is 21.3. The molecule has 1 atom stereocenters. The van der Waals surface area contributed by atoms with Crippen LogP contribution < -0.4 is 14.4 Å². The molecule has 2 amide bonds. The molecule has 0 heterocycles. The van der Waals surface area contributed by atoms with Crippen molar-refractivity contribution in [1.82, 2.24) is 10.2 Å². The Hall–Kier alpha value is -3.77. The number of nitrogens with zero attached hydrogens (tertiary/aromatic N) is 2. The number of amides is 2. The van der Waals surface area contributed by atoms with E-state index in [-0.39, 0.29) is 29.8 Å². The molecule has 0 aromatic heterocycles. The van der Waals surface area contributed by atoms with Gasteiger partial charge in [0.1, 0.15) is 18.3 Å². The quantitative estimate of drug-likeness (QED) is 0.241. The molecule has 1 unspecified atom stereocenters. The van der Waals surface area contributed by atoms with Crippen molar-refractivity contribution in [1.29, 1.82) is 0 Å². The lowest BCUT2D eigenvalue weighted by Crippen LogP contribution is -2.53. The SMILES string of the molecule is CCC(C(=O)NC1CCCC1)N(Cc1ccc(OC)cc1)C(=O)CN(c1ccc(Cl)c(C(F)(F)F)c1)S(=O)(=O)c1ccccc1. The highest BCUT2D eigenvalue weighted by Gasteiger charge is 2.37. The Morgan fingerprint density at radius 1 is 1.02 bits per heavy atom. The molecule has 3 aromatic carbocycles. The van der Waals surface area contributed by atoms with E-state index < -0.39 is 51.0 Å². The molecule has 4 rings (SSSR count). The van der Waals surface area contributed by atoms with E-state index in [4.69, 9.17) is 16.3 Å². The summed E-state index contributed by atoms with van der Waals surface area (Å²) in [7, 11) is -3.04. The number of ether oxygens (including phenoxy) is 1. The Balaban J connectivity index is 1.77. The van der Waals surface area contributed by atoms with Crippen molar-refractivity contribution in [3.63, 3.8) is 0 Å². The molecule has 1 fully saturated rings. The first-order valence-corrected chi connectivity index (χ1v) is 16.3. The average Bonchev–Trinajstić information content (AvgIpc) is 3.53. The zero-order chi connectivity index (χ0) is 32.8. The summed E-state index contributed by atoms with van der Waals surface area (Å²) in [5, 5.41) is 2.40. The maximum atomic E-state index is 14.2. The van der Waals surface area contributed by atoms with E-state index in [0.29, 0.717) is 21.7 Å². The lowest BCUT2D eigenvalue weighted by atomic mass is 10.1. The zero-order valence-electron chi connectivity index (χ0n) is 24.9. The number of carbonyl (C=O) groups excluding carboxylic acids is 2. The second-order valence-corrected chi connectivity index (χ2v) is 13.0. The Morgan fingerprint density at radius 3 is 2.24 bits per heavy atom. The van der Waals surface area contributed by atoms with Crippen molar-refractivity contribution in [2.75, 3.05) is 18.0 Å². The van der Waals surface area contributed by atoms with Crippen molar-refractivity contribution in [3.05, 3.63) is 88.9 Å². The Labute approximate surface area is 266 Å². The molecule has 3 aromatic rings. The number of rotatable bonds is 12. The average molecular weight is 666 g/mol. The Kier molecular flexibility index (Phi) is 11.0. The highest BCUT2D eigenvalue weighted by atomic mass is 35.5. The van der Waals surface area contributed by atoms with Gasteiger partial charge in [0.05, 0.1) is 28.3 Å². The van der Waals surface area contributed by atoms with Gasteiger partial charge >= 0.3 is 6.18 Å². The summed E-state index contributed by atoms with van der Waals surface area (Å²) in [6.45, 7) is 0.799. The minimum atomic E-state index is -4.88. The predicted octanol–water partition coefficient (Wildman–Crippen LogP) is 6.43. The highest BCUT2D eigenvalue weighted by Crippen LogP contribution is 2.38. The zero-order valence-corrected chi connectivity index (χ0v) is 26.5. The Morgan fingerprint density at radius 2 is 1.67 bits per heavy atom. The van der Waals surface area contributed by atoms with Gasteiger partial charge in [-0.05, 0) is 67.3 Å². The summed E-state index contributed by atoms with van der Waals surface area (Å²) in [6.07, 6.45) is -1.09. The second kappa shape index (κ2) is 14.6. The number of alkyl halides is 3. The van der Waals surface area contributed by atoms with E-state index in [0.717, 1.165) is 37.8 Å². The van der Waals surface area contributed by atoms with Gasteiger partial charge in [-0.3, -0.25) is 13.9 Å². The number of carbonyl (C=O) groups is 2. The fourth-order valence-corrected chi connectivity index (χ4v) is 7.00. The summed E-state index contributed by atoms with van der Waals surface area (Å²) >= 11 is 5.83. The van der Waals surface area contributed by atoms with Crippen LogP contribution in [0.1, 0.15) is 50.2 Å². The maximum absolute atomic E-state index is 14.2. The number of methoxy groups -OCH3 is 1. The van der Waals surface area contributed by atoms with Crippen LogP contribution in [0.15, 0.2) is 77.7 Å². The minimum absolute atomic E-state index is 0.0331. The van der Waals surface area contributed by atoms with Gasteiger partial charge in [-0.25, -0.2) is 8.42 Å². The first kappa shape index (κ1) is 34.1. The Bertz CT molecular complexity index is 1580. The fourth-order valence-electron chi connectivity index (χ4n) is 5.35. The number of hydrogen-bond donors (Lipinski definition) is 1. The van der Waals surface area contributed by atoms with E-state index >= 15 is 0 Å². The molecule has 1 saturated carbocycles. The normalized spacial score (nSPS) is 14.5. The molecule has 0 aliphatic heterocycles. The van der Waals surface area contributed by atoms with Crippen LogP contribution in [0, 0.1) is 0 Å². The molecular formula is C32H35ClF3N3O5S. The standard InChI is InChI=1S/C32H35ClF3N3O5S/c1-3-29(31(41)37-23-9-7-8-10-23)38(20-22-13-16-25(44-2)17-14-22)30(40)21-39(45(42,43)26-11-5-4-6-12-26)24-15-18-28(33)27(19-24)32(34,35)36/h4-6,11-19,23,29H,3,7-10,20-21H2,1-2H3,(H,37,41). The lowest BCUT2D eigenvalue weighted by molar-refractivity contribution is -0.140. The minimum Gasteiger partial charge on any atom is -0.497 e. The van der Waals surface area contributed by atoms with Crippen LogP contribution in [0.4, 0.5) is 18.9 Å². The smallest absolute Gasteiger partial charge is 0.417 e. The third kappa shape index (κ3) is 8.29. The summed E-state index contributed by atoms with van der Waals surface area (Å²) in [5.74, 6) is -0.581. The monoisotopic (exact) mass is 665 g/mol. The maximum Gasteiger partial charge on any atom is 0.417 e. The number of nitrogens with one attached hydrogen (secondary N) is 1. The molecule has 0 saturated heterocycles. The van der Waals surface area contributed by atoms with Gasteiger partial charge < -0.3 is 15.0 Å². The van der Waals surface area contributed by atoms with Crippen molar-refractivity contribution in [2.45, 2.75) is 68.7 Å². The molecule has 45 heavy (non-hydrogen) atoms.